The Balaban J connectivity index is 0.000000221. The van der Waals surface area contributed by atoms with Gasteiger partial charge in [0.15, 0.2) is 12.2 Å². The number of carbonyl (C=O) groups excluding carboxylic acids is 3. The zero-order valence-corrected chi connectivity index (χ0v) is 33.6. The smallest absolute Gasteiger partial charge is 0.335 e. The van der Waals surface area contributed by atoms with Gasteiger partial charge in [0.2, 0.25) is 0 Å². The van der Waals surface area contributed by atoms with Crippen molar-refractivity contribution < 1.29 is 57.0 Å². The highest BCUT2D eigenvalue weighted by Crippen LogP contribution is 2.29. The highest BCUT2D eigenvalue weighted by Gasteiger charge is 2.44. The molecule has 0 radical (unpaired) electrons. The van der Waals surface area contributed by atoms with Crippen LogP contribution in [-0.4, -0.2) is 81.5 Å². The highest BCUT2D eigenvalue weighted by atomic mass is 16.6. The normalized spacial score (nSPS) is 22.7. The summed E-state index contributed by atoms with van der Waals surface area (Å²) < 4.78 is 51.0. The van der Waals surface area contributed by atoms with Crippen LogP contribution < -0.4 is 4.74 Å². The van der Waals surface area contributed by atoms with Crippen molar-refractivity contribution in [3.8, 4) is 5.75 Å². The van der Waals surface area contributed by atoms with Crippen molar-refractivity contribution in [2.24, 2.45) is 5.92 Å². The number of benzene rings is 4. The Morgan fingerprint density at radius 3 is 1.66 bits per heavy atom. The Morgan fingerprint density at radius 2 is 1.10 bits per heavy atom. The molecule has 58 heavy (non-hydrogen) atoms. The molecule has 0 saturated carbocycles. The minimum Gasteiger partial charge on any atom is -0.497 e. The Morgan fingerprint density at radius 1 is 0.586 bits per heavy atom. The molecule has 0 bridgehead atoms. The average Bonchev–Trinajstić information content (AvgIpc) is 3.25. The molecule has 4 aromatic rings. The van der Waals surface area contributed by atoms with E-state index in [0.717, 1.165) is 28.0 Å². The Kier molecular flexibility index (Phi) is 17.7. The van der Waals surface area contributed by atoms with Gasteiger partial charge in [-0.15, -0.1) is 0 Å². The van der Waals surface area contributed by atoms with E-state index in [4.69, 9.17) is 42.6 Å². The summed E-state index contributed by atoms with van der Waals surface area (Å²) in [6.07, 6.45) is -1.79. The number of hydrogen-bond donors (Lipinski definition) is 0. The maximum absolute atomic E-state index is 12.6. The fraction of sp³-hybridized carbons (Fsp3) is 0.413. The van der Waals surface area contributed by atoms with E-state index in [2.05, 4.69) is 0 Å². The summed E-state index contributed by atoms with van der Waals surface area (Å²) in [5, 5.41) is 0. The largest absolute Gasteiger partial charge is 0.497 e. The third-order valence-corrected chi connectivity index (χ3v) is 9.67. The second-order valence-electron chi connectivity index (χ2n) is 14.1. The zero-order chi connectivity index (χ0) is 41.1. The summed E-state index contributed by atoms with van der Waals surface area (Å²) in [7, 11) is 1.64. The van der Waals surface area contributed by atoms with Gasteiger partial charge in [0.25, 0.3) is 0 Å². The van der Waals surface area contributed by atoms with E-state index in [-0.39, 0.29) is 50.0 Å². The van der Waals surface area contributed by atoms with Crippen molar-refractivity contribution in [1.29, 1.82) is 0 Å². The quantitative estimate of drug-likeness (QED) is 0.0872. The molecule has 7 atom stereocenters. The first kappa shape index (κ1) is 44.0. The van der Waals surface area contributed by atoms with Crippen LogP contribution in [0, 0.1) is 5.92 Å². The lowest BCUT2D eigenvalue weighted by atomic mass is 9.91. The first-order valence-corrected chi connectivity index (χ1v) is 19.5. The average molecular weight is 799 g/mol. The van der Waals surface area contributed by atoms with E-state index >= 15 is 0 Å². The molecule has 0 spiro atoms. The van der Waals surface area contributed by atoms with Crippen LogP contribution in [-0.2, 0) is 78.7 Å². The number of carbonyl (C=O) groups is 3. The molecule has 2 fully saturated rings. The Bertz CT molecular complexity index is 1810. The van der Waals surface area contributed by atoms with E-state index in [0.29, 0.717) is 32.8 Å². The van der Waals surface area contributed by atoms with E-state index in [9.17, 15) is 14.4 Å². The van der Waals surface area contributed by atoms with Gasteiger partial charge in [-0.05, 0) is 34.4 Å². The molecule has 2 aliphatic rings. The summed E-state index contributed by atoms with van der Waals surface area (Å²) in [6, 6.07) is 37.0. The molecule has 12 heteroatoms. The minimum atomic E-state index is -0.786. The monoisotopic (exact) mass is 798 g/mol. The van der Waals surface area contributed by atoms with Gasteiger partial charge in [0, 0.05) is 26.2 Å². The molecule has 310 valence electrons. The van der Waals surface area contributed by atoms with E-state index in [1.165, 1.54) is 13.8 Å². The van der Waals surface area contributed by atoms with Crippen LogP contribution in [0.1, 0.15) is 49.4 Å². The Hall–Kier alpha value is -5.11. The third-order valence-electron chi connectivity index (χ3n) is 9.67. The number of ether oxygens (including phenoxy) is 9. The van der Waals surface area contributed by atoms with Crippen molar-refractivity contribution in [3.05, 3.63) is 138 Å². The van der Waals surface area contributed by atoms with Gasteiger partial charge in [0.05, 0.1) is 52.4 Å². The minimum absolute atomic E-state index is 0.0779. The Labute approximate surface area is 340 Å². The van der Waals surface area contributed by atoms with Crippen LogP contribution >= 0.6 is 0 Å². The molecule has 12 nitrogen and oxygen atoms in total. The third kappa shape index (κ3) is 14.4. The van der Waals surface area contributed by atoms with Crippen LogP contribution in [0.4, 0.5) is 0 Å². The molecule has 0 aliphatic carbocycles. The van der Waals surface area contributed by atoms with E-state index < -0.39 is 30.3 Å². The summed E-state index contributed by atoms with van der Waals surface area (Å²) in [6.45, 7) is 6.76. The van der Waals surface area contributed by atoms with Gasteiger partial charge in [-0.2, -0.15) is 0 Å². The zero-order valence-electron chi connectivity index (χ0n) is 33.6. The second kappa shape index (κ2) is 23.3. The first-order valence-electron chi connectivity index (χ1n) is 19.5. The molecule has 4 unspecified atom stereocenters. The number of esters is 3. The standard InChI is InChI=1S/C23H26O6.C23H28O6/c1-16-21(26-13-18-9-5-3-6-10-18)20(29-17(2)24)15-27-22(16)23(25)28-14-19-11-7-4-8-12-19;1-17(24)26-15-21-12-22(28-13-18-6-4-3-5-7-18)23(16-27-21)29-14-19-8-10-20(25-2)11-9-19/h3-12,16,20-22H,13-15H2,1-2H3;3-11,21-23H,12-16H2,1-2H3/t16-,20?,21+,22?;21?,22-,23?/m01/s1. The van der Waals surface area contributed by atoms with Gasteiger partial charge >= 0.3 is 17.9 Å². The molecule has 0 aromatic heterocycles. The van der Waals surface area contributed by atoms with Crippen LogP contribution in [0.15, 0.2) is 115 Å². The van der Waals surface area contributed by atoms with Gasteiger partial charge < -0.3 is 42.6 Å². The van der Waals surface area contributed by atoms with E-state index in [1.807, 2.05) is 122 Å². The van der Waals surface area contributed by atoms with Crippen molar-refractivity contribution in [2.75, 3.05) is 26.9 Å². The molecule has 0 N–H and O–H groups in total. The topological polar surface area (TPSA) is 134 Å². The lowest BCUT2D eigenvalue weighted by Crippen LogP contribution is -2.53. The van der Waals surface area contributed by atoms with Crippen LogP contribution in [0.3, 0.4) is 0 Å². The summed E-state index contributed by atoms with van der Waals surface area (Å²) in [4.78, 5) is 35.2. The number of methoxy groups -OCH3 is 1. The molecule has 2 heterocycles. The predicted molar refractivity (Wildman–Crippen MR) is 213 cm³/mol. The molecule has 4 aromatic carbocycles. The van der Waals surface area contributed by atoms with Crippen molar-refractivity contribution in [2.45, 2.75) is 90.2 Å². The van der Waals surface area contributed by atoms with Gasteiger partial charge in [-0.25, -0.2) is 4.79 Å². The fourth-order valence-electron chi connectivity index (χ4n) is 6.57. The molecular formula is C46H54O12. The SMILES string of the molecule is CC(=O)OC1COC(C(=O)OCc2ccccc2)[C@@H](C)[C@H]1OCc1ccccc1.COc1ccc(COC2COC(COC(C)=O)C[C@H]2OCc2ccccc2)cc1. The van der Waals surface area contributed by atoms with Crippen molar-refractivity contribution in [3.63, 3.8) is 0 Å². The summed E-state index contributed by atoms with van der Waals surface area (Å²) in [5.74, 6) is -0.708. The van der Waals surface area contributed by atoms with Crippen molar-refractivity contribution in [1.82, 2.24) is 0 Å². The molecule has 2 saturated heterocycles. The maximum atomic E-state index is 12.6. The number of rotatable bonds is 16. The van der Waals surface area contributed by atoms with Gasteiger partial charge in [-0.3, -0.25) is 9.59 Å². The van der Waals surface area contributed by atoms with Gasteiger partial charge in [0.1, 0.15) is 31.2 Å². The van der Waals surface area contributed by atoms with Crippen LogP contribution in [0.5, 0.6) is 5.75 Å². The molecule has 6 rings (SSSR count). The van der Waals surface area contributed by atoms with Gasteiger partial charge in [-0.1, -0.05) is 110 Å². The van der Waals surface area contributed by atoms with Crippen LogP contribution in [0.25, 0.3) is 0 Å². The predicted octanol–water partition coefficient (Wildman–Crippen LogP) is 6.80. The van der Waals surface area contributed by atoms with E-state index in [1.54, 1.807) is 7.11 Å². The van der Waals surface area contributed by atoms with Crippen LogP contribution in [0.2, 0.25) is 0 Å². The van der Waals surface area contributed by atoms with Crippen molar-refractivity contribution >= 4 is 17.9 Å². The summed E-state index contributed by atoms with van der Waals surface area (Å²) in [5.41, 5.74) is 4.05. The first-order chi connectivity index (χ1) is 28.2. The summed E-state index contributed by atoms with van der Waals surface area (Å²) >= 11 is 0. The molecule has 0 amide bonds. The number of hydrogen-bond acceptors (Lipinski definition) is 12. The highest BCUT2D eigenvalue weighted by molar-refractivity contribution is 5.75. The molecular weight excluding hydrogens is 744 g/mol. The maximum Gasteiger partial charge on any atom is 0.335 e. The fourth-order valence-corrected chi connectivity index (χ4v) is 6.57. The lowest BCUT2D eigenvalue weighted by Gasteiger charge is -2.39. The second-order valence-corrected chi connectivity index (χ2v) is 14.1. The lowest BCUT2D eigenvalue weighted by molar-refractivity contribution is -0.209. The molecule has 2 aliphatic heterocycles.